The molecule has 0 aromatic heterocycles. The van der Waals surface area contributed by atoms with Gasteiger partial charge in [0.1, 0.15) is 5.75 Å². The van der Waals surface area contributed by atoms with Crippen LogP contribution in [0.3, 0.4) is 0 Å². The molecule has 30 heavy (non-hydrogen) atoms. The van der Waals surface area contributed by atoms with E-state index >= 15 is 0 Å². The van der Waals surface area contributed by atoms with E-state index in [1.807, 2.05) is 18.7 Å². The van der Waals surface area contributed by atoms with Crippen molar-refractivity contribution in [2.75, 3.05) is 38.2 Å². The number of likely N-dealkylation sites (tertiary alicyclic amines) is 1. The second-order valence-electron chi connectivity index (χ2n) is 7.22. The van der Waals surface area contributed by atoms with Gasteiger partial charge in [0.25, 0.3) is 0 Å². The van der Waals surface area contributed by atoms with Crippen molar-refractivity contribution in [1.82, 2.24) is 10.2 Å². The Labute approximate surface area is 176 Å². The first-order valence-corrected chi connectivity index (χ1v) is 10.4. The Hall–Kier alpha value is -2.26. The quantitative estimate of drug-likeness (QED) is 0.531. The van der Waals surface area contributed by atoms with Crippen molar-refractivity contribution in [2.45, 2.75) is 45.8 Å². The molecule has 0 saturated carbocycles. The number of hydrogen-bond acceptors (Lipinski definition) is 5. The van der Waals surface area contributed by atoms with Crippen LogP contribution in [0.5, 0.6) is 5.75 Å². The number of anilines is 1. The molecule has 2 N–H and O–H groups in total. The normalized spacial score (nSPS) is 16.3. The van der Waals surface area contributed by atoms with Crippen molar-refractivity contribution in [3.8, 4) is 5.75 Å². The van der Waals surface area contributed by atoms with Crippen LogP contribution in [0.25, 0.3) is 0 Å². The zero-order valence-corrected chi connectivity index (χ0v) is 17.5. The van der Waals surface area contributed by atoms with Gasteiger partial charge in [-0.25, -0.2) is 0 Å². The van der Waals surface area contributed by atoms with E-state index < -0.39 is 6.61 Å². The molecule has 0 bridgehead atoms. The van der Waals surface area contributed by atoms with Crippen LogP contribution in [0.1, 0.15) is 33.1 Å². The van der Waals surface area contributed by atoms with Gasteiger partial charge < -0.3 is 20.1 Å². The first-order chi connectivity index (χ1) is 14.4. The van der Waals surface area contributed by atoms with E-state index in [-0.39, 0.29) is 29.5 Å². The highest BCUT2D eigenvalue weighted by Gasteiger charge is 2.29. The molecule has 1 atom stereocenters. The lowest BCUT2D eigenvalue weighted by Gasteiger charge is -2.34. The van der Waals surface area contributed by atoms with E-state index in [4.69, 9.17) is 4.74 Å². The maximum absolute atomic E-state index is 12.5. The lowest BCUT2D eigenvalue weighted by atomic mass is 9.95. The van der Waals surface area contributed by atoms with Gasteiger partial charge in [-0.15, -0.1) is 0 Å². The number of piperidine rings is 1. The topological polar surface area (TPSA) is 79.9 Å². The fourth-order valence-electron chi connectivity index (χ4n) is 3.36. The average Bonchev–Trinajstić information content (AvgIpc) is 2.74. The Morgan fingerprint density at radius 1 is 1.20 bits per heavy atom. The first-order valence-electron chi connectivity index (χ1n) is 10.4. The minimum absolute atomic E-state index is 0.0361. The molecule has 7 nitrogen and oxygen atoms in total. The van der Waals surface area contributed by atoms with Crippen molar-refractivity contribution >= 4 is 17.5 Å². The zero-order chi connectivity index (χ0) is 21.9. The Bertz CT molecular complexity index is 665. The molecule has 1 aliphatic rings. The number of benzene rings is 1. The molecule has 2 amide bonds. The van der Waals surface area contributed by atoms with Crippen molar-refractivity contribution in [1.29, 1.82) is 0 Å². The second-order valence-corrected chi connectivity index (χ2v) is 7.22. The fourth-order valence-corrected chi connectivity index (χ4v) is 3.36. The summed E-state index contributed by atoms with van der Waals surface area (Å²) in [7, 11) is 0. The minimum atomic E-state index is -2.88. The van der Waals surface area contributed by atoms with E-state index in [1.54, 1.807) is 0 Å². The van der Waals surface area contributed by atoms with Crippen LogP contribution >= 0.6 is 0 Å². The van der Waals surface area contributed by atoms with E-state index in [9.17, 15) is 18.4 Å². The number of nitrogens with zero attached hydrogens (tertiary/aromatic N) is 1. The third-order valence-corrected chi connectivity index (χ3v) is 5.14. The maximum Gasteiger partial charge on any atom is 0.387 e. The molecule has 9 heteroatoms. The number of carbonyl (C=O) groups excluding carboxylic acids is 2. The third-order valence-electron chi connectivity index (χ3n) is 5.14. The largest absolute Gasteiger partial charge is 0.435 e. The number of alkyl halides is 2. The standard InChI is InChI=1S/C21H31F2N3O4/c1-3-29-14-4-11-24-20(28)16-9-12-26(13-10-16)15(2)19(27)25-17-5-7-18(8-6-17)30-21(22)23/h5-8,15-16,21H,3-4,9-14H2,1-2H3,(H,24,28)(H,25,27). The van der Waals surface area contributed by atoms with Crippen molar-refractivity contribution in [3.05, 3.63) is 24.3 Å². The summed E-state index contributed by atoms with van der Waals surface area (Å²) >= 11 is 0. The SMILES string of the molecule is CCOCCCNC(=O)C1CCN(C(C)C(=O)Nc2ccc(OC(F)F)cc2)CC1. The van der Waals surface area contributed by atoms with Crippen LogP contribution in [0.2, 0.25) is 0 Å². The van der Waals surface area contributed by atoms with E-state index in [0.29, 0.717) is 51.4 Å². The van der Waals surface area contributed by atoms with Gasteiger partial charge in [-0.2, -0.15) is 8.78 Å². The monoisotopic (exact) mass is 427 g/mol. The van der Waals surface area contributed by atoms with Crippen LogP contribution in [-0.4, -0.2) is 62.2 Å². The molecule has 1 saturated heterocycles. The molecule has 1 aromatic carbocycles. The van der Waals surface area contributed by atoms with Gasteiger partial charge in [0.2, 0.25) is 11.8 Å². The Kier molecular flexibility index (Phi) is 9.96. The van der Waals surface area contributed by atoms with E-state index in [1.165, 1.54) is 24.3 Å². The summed E-state index contributed by atoms with van der Waals surface area (Å²) in [6.45, 7) is 4.12. The average molecular weight is 427 g/mol. The Balaban J connectivity index is 1.73. The van der Waals surface area contributed by atoms with Crippen molar-refractivity contribution in [2.24, 2.45) is 5.92 Å². The van der Waals surface area contributed by atoms with Crippen LogP contribution in [0.4, 0.5) is 14.5 Å². The van der Waals surface area contributed by atoms with Gasteiger partial charge in [-0.05, 0) is 70.5 Å². The fraction of sp³-hybridized carbons (Fsp3) is 0.619. The second kappa shape index (κ2) is 12.4. The molecule has 0 aliphatic carbocycles. The number of rotatable bonds is 11. The molecule has 1 fully saturated rings. The van der Waals surface area contributed by atoms with Gasteiger partial charge >= 0.3 is 6.61 Å². The third kappa shape index (κ3) is 7.87. The lowest BCUT2D eigenvalue weighted by Crippen LogP contribution is -2.48. The molecule has 0 radical (unpaired) electrons. The highest BCUT2D eigenvalue weighted by atomic mass is 19.3. The van der Waals surface area contributed by atoms with Crippen LogP contribution in [0.15, 0.2) is 24.3 Å². The molecule has 1 aliphatic heterocycles. The first kappa shape index (κ1) is 24.0. The van der Waals surface area contributed by atoms with Crippen molar-refractivity contribution in [3.63, 3.8) is 0 Å². The summed E-state index contributed by atoms with van der Waals surface area (Å²) in [6.07, 6.45) is 2.20. The number of carbonyl (C=O) groups is 2. The molecule has 1 aromatic rings. The molecular formula is C21H31F2N3O4. The van der Waals surface area contributed by atoms with Crippen LogP contribution < -0.4 is 15.4 Å². The van der Waals surface area contributed by atoms with Gasteiger partial charge in [0.05, 0.1) is 6.04 Å². The Morgan fingerprint density at radius 3 is 2.47 bits per heavy atom. The predicted molar refractivity (Wildman–Crippen MR) is 110 cm³/mol. The lowest BCUT2D eigenvalue weighted by molar-refractivity contribution is -0.127. The molecule has 2 rings (SSSR count). The Morgan fingerprint density at radius 2 is 1.87 bits per heavy atom. The van der Waals surface area contributed by atoms with E-state index in [2.05, 4.69) is 15.4 Å². The van der Waals surface area contributed by atoms with Crippen LogP contribution in [-0.2, 0) is 14.3 Å². The van der Waals surface area contributed by atoms with Crippen molar-refractivity contribution < 1.29 is 27.8 Å². The van der Waals surface area contributed by atoms with Gasteiger partial charge in [-0.3, -0.25) is 14.5 Å². The maximum atomic E-state index is 12.5. The predicted octanol–water partition coefficient (Wildman–Crippen LogP) is 2.87. The minimum Gasteiger partial charge on any atom is -0.435 e. The number of nitrogens with one attached hydrogen (secondary N) is 2. The summed E-state index contributed by atoms with van der Waals surface area (Å²) in [5, 5.41) is 5.74. The summed E-state index contributed by atoms with van der Waals surface area (Å²) in [5.74, 6) is -0.119. The highest BCUT2D eigenvalue weighted by molar-refractivity contribution is 5.94. The number of hydrogen-bond donors (Lipinski definition) is 2. The van der Waals surface area contributed by atoms with Crippen LogP contribution in [0, 0.1) is 5.92 Å². The van der Waals surface area contributed by atoms with Gasteiger partial charge in [0, 0.05) is 31.4 Å². The summed E-state index contributed by atoms with van der Waals surface area (Å²) in [4.78, 5) is 26.8. The van der Waals surface area contributed by atoms with E-state index in [0.717, 1.165) is 6.42 Å². The molecule has 1 heterocycles. The number of amides is 2. The smallest absolute Gasteiger partial charge is 0.387 e. The molecule has 1 unspecified atom stereocenters. The molecular weight excluding hydrogens is 396 g/mol. The van der Waals surface area contributed by atoms with Gasteiger partial charge in [0.15, 0.2) is 0 Å². The zero-order valence-electron chi connectivity index (χ0n) is 17.5. The molecule has 0 spiro atoms. The number of halogens is 2. The molecule has 168 valence electrons. The number of ether oxygens (including phenoxy) is 2. The van der Waals surface area contributed by atoms with Gasteiger partial charge in [-0.1, -0.05) is 0 Å². The summed E-state index contributed by atoms with van der Waals surface area (Å²) in [5.41, 5.74) is 0.509. The summed E-state index contributed by atoms with van der Waals surface area (Å²) < 4.78 is 33.9. The highest BCUT2D eigenvalue weighted by Crippen LogP contribution is 2.21. The summed E-state index contributed by atoms with van der Waals surface area (Å²) in [6, 6.07) is 5.43.